The van der Waals surface area contributed by atoms with Gasteiger partial charge in [-0.25, -0.2) is 4.98 Å². The van der Waals surface area contributed by atoms with Crippen molar-refractivity contribution in [1.29, 1.82) is 0 Å². The lowest BCUT2D eigenvalue weighted by atomic mass is 10.1. The third-order valence-electron chi connectivity index (χ3n) is 2.73. The average Bonchev–Trinajstić information content (AvgIpc) is 2.42. The van der Waals surface area contributed by atoms with Crippen molar-refractivity contribution in [3.63, 3.8) is 0 Å². The third kappa shape index (κ3) is 4.97. The summed E-state index contributed by atoms with van der Waals surface area (Å²) in [6, 6.07) is 1.33. The summed E-state index contributed by atoms with van der Waals surface area (Å²) in [6.07, 6.45) is 5.59. The van der Waals surface area contributed by atoms with Crippen LogP contribution in [0.15, 0.2) is 41.4 Å². The summed E-state index contributed by atoms with van der Waals surface area (Å²) in [5, 5.41) is 2.56. The van der Waals surface area contributed by atoms with Crippen molar-refractivity contribution in [3.05, 3.63) is 58.4 Å². The zero-order valence-electron chi connectivity index (χ0n) is 12.9. The molecule has 0 spiro atoms. The summed E-state index contributed by atoms with van der Waals surface area (Å²) in [5.74, 6) is 0.194. The Morgan fingerprint density at radius 3 is 2.59 bits per heavy atom. The van der Waals surface area contributed by atoms with Crippen molar-refractivity contribution < 1.29 is 9.59 Å². The second-order valence-corrected chi connectivity index (χ2v) is 4.78. The van der Waals surface area contributed by atoms with Gasteiger partial charge >= 0.3 is 0 Å². The minimum absolute atomic E-state index is 0.0374. The number of rotatable bonds is 6. The first-order valence-electron chi connectivity index (χ1n) is 6.68. The van der Waals surface area contributed by atoms with Gasteiger partial charge in [0.2, 0.25) is 5.91 Å². The Balaban J connectivity index is 3.33. The SMILES string of the molecule is C=C(C)/C=C\C(=C\NC(C)=O)c1cc(=O)n(CC=O)c(C)n1. The van der Waals surface area contributed by atoms with E-state index in [0.717, 1.165) is 5.57 Å². The van der Waals surface area contributed by atoms with Gasteiger partial charge in [0.1, 0.15) is 12.1 Å². The van der Waals surface area contributed by atoms with Crippen LogP contribution in [0.5, 0.6) is 0 Å². The van der Waals surface area contributed by atoms with Crippen molar-refractivity contribution in [3.8, 4) is 0 Å². The van der Waals surface area contributed by atoms with E-state index in [1.165, 1.54) is 23.8 Å². The van der Waals surface area contributed by atoms with Gasteiger partial charge < -0.3 is 10.1 Å². The van der Waals surface area contributed by atoms with Crippen LogP contribution >= 0.6 is 0 Å². The van der Waals surface area contributed by atoms with Gasteiger partial charge in [0.15, 0.2) is 0 Å². The van der Waals surface area contributed by atoms with Crippen molar-refractivity contribution in [2.75, 3.05) is 0 Å². The zero-order chi connectivity index (χ0) is 16.7. The molecule has 6 heteroatoms. The van der Waals surface area contributed by atoms with Crippen LogP contribution < -0.4 is 10.9 Å². The van der Waals surface area contributed by atoms with Gasteiger partial charge in [0.25, 0.3) is 5.56 Å². The van der Waals surface area contributed by atoms with Crippen LogP contribution in [-0.2, 0) is 16.1 Å². The molecule has 0 bridgehead atoms. The number of aryl methyl sites for hydroxylation is 1. The second kappa shape index (κ2) is 7.87. The lowest BCUT2D eigenvalue weighted by Crippen LogP contribution is -2.24. The van der Waals surface area contributed by atoms with E-state index in [2.05, 4.69) is 16.9 Å². The monoisotopic (exact) mass is 301 g/mol. The second-order valence-electron chi connectivity index (χ2n) is 4.78. The highest BCUT2D eigenvalue weighted by molar-refractivity contribution is 5.79. The molecule has 1 aromatic heterocycles. The van der Waals surface area contributed by atoms with Gasteiger partial charge in [-0.3, -0.25) is 14.2 Å². The number of carbonyl (C=O) groups is 2. The number of allylic oxidation sites excluding steroid dienone is 4. The van der Waals surface area contributed by atoms with E-state index in [1.54, 1.807) is 19.1 Å². The molecule has 0 aliphatic rings. The highest BCUT2D eigenvalue weighted by Crippen LogP contribution is 2.12. The fourth-order valence-electron chi connectivity index (χ4n) is 1.68. The first-order valence-corrected chi connectivity index (χ1v) is 6.68. The molecule has 0 saturated heterocycles. The van der Waals surface area contributed by atoms with Crippen LogP contribution in [0.3, 0.4) is 0 Å². The molecule has 6 nitrogen and oxygen atoms in total. The fourth-order valence-corrected chi connectivity index (χ4v) is 1.68. The van der Waals surface area contributed by atoms with Crippen molar-refractivity contribution in [2.45, 2.75) is 27.3 Å². The zero-order valence-corrected chi connectivity index (χ0v) is 12.9. The van der Waals surface area contributed by atoms with Gasteiger partial charge in [0, 0.05) is 24.8 Å². The molecule has 1 heterocycles. The molecule has 0 radical (unpaired) electrons. The molecule has 0 unspecified atom stereocenters. The van der Waals surface area contributed by atoms with Crippen LogP contribution in [0.1, 0.15) is 25.4 Å². The molecule has 1 rings (SSSR count). The van der Waals surface area contributed by atoms with Gasteiger partial charge in [-0.2, -0.15) is 0 Å². The molecule has 0 fully saturated rings. The number of hydrogen-bond donors (Lipinski definition) is 1. The molecular weight excluding hydrogens is 282 g/mol. The van der Waals surface area contributed by atoms with Gasteiger partial charge in [-0.1, -0.05) is 24.3 Å². The Labute approximate surface area is 128 Å². The largest absolute Gasteiger partial charge is 0.332 e. The Morgan fingerprint density at radius 1 is 1.41 bits per heavy atom. The number of nitrogens with one attached hydrogen (secondary N) is 1. The van der Waals surface area contributed by atoms with Gasteiger partial charge in [0.05, 0.1) is 12.2 Å². The Hall–Kier alpha value is -2.76. The quantitative estimate of drug-likeness (QED) is 0.635. The van der Waals surface area contributed by atoms with Crippen LogP contribution in [0.25, 0.3) is 5.57 Å². The van der Waals surface area contributed by atoms with Crippen molar-refractivity contribution in [1.82, 2.24) is 14.9 Å². The van der Waals surface area contributed by atoms with Crippen LogP contribution in [0, 0.1) is 6.92 Å². The number of carbonyl (C=O) groups excluding carboxylic acids is 2. The molecule has 1 N–H and O–H groups in total. The normalized spacial score (nSPS) is 11.5. The minimum Gasteiger partial charge on any atom is -0.332 e. The molecule has 0 aliphatic heterocycles. The first-order chi connectivity index (χ1) is 10.3. The Kier molecular flexibility index (Phi) is 6.19. The number of hydrogen-bond acceptors (Lipinski definition) is 4. The molecule has 1 amide bonds. The van der Waals surface area contributed by atoms with E-state index in [1.807, 2.05) is 6.92 Å². The molecule has 116 valence electrons. The van der Waals surface area contributed by atoms with E-state index < -0.39 is 0 Å². The van der Waals surface area contributed by atoms with E-state index in [4.69, 9.17) is 0 Å². The Morgan fingerprint density at radius 2 is 2.09 bits per heavy atom. The summed E-state index contributed by atoms with van der Waals surface area (Å²) in [4.78, 5) is 38.0. The van der Waals surface area contributed by atoms with Crippen molar-refractivity contribution >= 4 is 17.8 Å². The number of nitrogens with zero attached hydrogens (tertiary/aromatic N) is 2. The van der Waals surface area contributed by atoms with Crippen LogP contribution in [-0.4, -0.2) is 21.7 Å². The molecule has 22 heavy (non-hydrogen) atoms. The molecular formula is C16H19N3O3. The first kappa shape index (κ1) is 17.3. The van der Waals surface area contributed by atoms with Crippen LogP contribution in [0.4, 0.5) is 0 Å². The third-order valence-corrected chi connectivity index (χ3v) is 2.73. The van der Waals surface area contributed by atoms with E-state index in [-0.39, 0.29) is 18.0 Å². The topological polar surface area (TPSA) is 81.1 Å². The summed E-state index contributed by atoms with van der Waals surface area (Å²) >= 11 is 0. The molecule has 0 aromatic carbocycles. The minimum atomic E-state index is -0.327. The molecule has 0 aliphatic carbocycles. The molecule has 1 aromatic rings. The van der Waals surface area contributed by atoms with E-state index >= 15 is 0 Å². The predicted octanol–water partition coefficient (Wildman–Crippen LogP) is 1.36. The highest BCUT2D eigenvalue weighted by atomic mass is 16.1. The predicted molar refractivity (Wildman–Crippen MR) is 85.0 cm³/mol. The average molecular weight is 301 g/mol. The number of amides is 1. The standard InChI is InChI=1S/C16H19N3O3/c1-11(2)5-6-14(10-17-13(4)21)15-9-16(22)19(7-8-20)12(3)18-15/h5-6,8-10H,1,7H2,2-4H3,(H,17,21)/b6-5-,14-10-. The lowest BCUT2D eigenvalue weighted by molar-refractivity contribution is -0.118. The maximum absolute atomic E-state index is 12.0. The van der Waals surface area contributed by atoms with Crippen LogP contribution in [0.2, 0.25) is 0 Å². The summed E-state index contributed by atoms with van der Waals surface area (Å²) in [7, 11) is 0. The Bertz CT molecular complexity index is 712. The van der Waals surface area contributed by atoms with Crippen molar-refractivity contribution in [2.24, 2.45) is 0 Å². The maximum Gasteiger partial charge on any atom is 0.254 e. The molecule has 0 saturated carbocycles. The number of aldehydes is 1. The fraction of sp³-hybridized carbons (Fsp3) is 0.250. The smallest absolute Gasteiger partial charge is 0.254 e. The number of aromatic nitrogens is 2. The maximum atomic E-state index is 12.0. The summed E-state index contributed by atoms with van der Waals surface area (Å²) < 4.78 is 1.27. The van der Waals surface area contributed by atoms with Gasteiger partial charge in [-0.05, 0) is 13.8 Å². The highest BCUT2D eigenvalue weighted by Gasteiger charge is 2.07. The van der Waals surface area contributed by atoms with Gasteiger partial charge in [-0.15, -0.1) is 0 Å². The lowest BCUT2D eigenvalue weighted by Gasteiger charge is -2.09. The summed E-state index contributed by atoms with van der Waals surface area (Å²) in [6.45, 7) is 8.58. The molecule has 0 atom stereocenters. The van der Waals surface area contributed by atoms with E-state index in [0.29, 0.717) is 23.4 Å². The summed E-state index contributed by atoms with van der Waals surface area (Å²) in [5.41, 5.74) is 1.47. The van der Waals surface area contributed by atoms with E-state index in [9.17, 15) is 14.4 Å².